The van der Waals surface area contributed by atoms with Crippen LogP contribution >= 0.6 is 12.2 Å². The van der Waals surface area contributed by atoms with Gasteiger partial charge in [-0.1, -0.05) is 96.5 Å². The van der Waals surface area contributed by atoms with Gasteiger partial charge >= 0.3 is 11.9 Å². The molecule has 1 saturated heterocycles. The molecule has 206 valence electrons. The standard InChI is InChI=1S/C28H48N2O5S/c1-23(2)27(33)35-22-18-16-14-12-10-8-6-4-3-5-7-9-11-13-15-17-21-34-25(31)20-19-24-26(32)30-28(36)29-24/h24H,1,3-22H2,2H3,(H2,29,30,32,36). The third-order valence-corrected chi connectivity index (χ3v) is 6.60. The lowest BCUT2D eigenvalue weighted by Crippen LogP contribution is -2.29. The van der Waals surface area contributed by atoms with E-state index in [0.29, 0.717) is 30.3 Å². The van der Waals surface area contributed by atoms with E-state index in [0.717, 1.165) is 25.7 Å². The molecule has 8 heteroatoms. The molecule has 0 saturated carbocycles. The Bertz CT molecular complexity index is 683. The summed E-state index contributed by atoms with van der Waals surface area (Å²) in [6.45, 7) is 6.23. The van der Waals surface area contributed by atoms with Crippen LogP contribution in [-0.4, -0.2) is 42.2 Å². The number of amides is 1. The molecule has 36 heavy (non-hydrogen) atoms. The molecule has 2 N–H and O–H groups in total. The molecule has 0 aromatic rings. The second-order valence-corrected chi connectivity index (χ2v) is 10.3. The lowest BCUT2D eigenvalue weighted by Gasteiger charge is -2.08. The van der Waals surface area contributed by atoms with Gasteiger partial charge in [-0.3, -0.25) is 9.59 Å². The Kier molecular flexibility index (Phi) is 18.8. The van der Waals surface area contributed by atoms with Crippen molar-refractivity contribution in [3.8, 4) is 0 Å². The van der Waals surface area contributed by atoms with E-state index in [1.807, 2.05) is 0 Å². The molecule has 1 aliphatic heterocycles. The zero-order valence-electron chi connectivity index (χ0n) is 22.4. The van der Waals surface area contributed by atoms with Crippen LogP contribution in [0.4, 0.5) is 0 Å². The second-order valence-electron chi connectivity index (χ2n) is 9.85. The number of carbonyl (C=O) groups is 3. The maximum absolute atomic E-state index is 11.8. The van der Waals surface area contributed by atoms with Crippen molar-refractivity contribution < 1.29 is 23.9 Å². The van der Waals surface area contributed by atoms with Crippen molar-refractivity contribution in [1.29, 1.82) is 0 Å². The summed E-state index contributed by atoms with van der Waals surface area (Å²) in [7, 11) is 0. The maximum atomic E-state index is 11.8. The first-order valence-corrected chi connectivity index (χ1v) is 14.4. The van der Waals surface area contributed by atoms with Gasteiger partial charge in [-0.2, -0.15) is 0 Å². The summed E-state index contributed by atoms with van der Waals surface area (Å²) in [4.78, 5) is 34.6. The van der Waals surface area contributed by atoms with Crippen molar-refractivity contribution in [3.63, 3.8) is 0 Å². The number of hydrogen-bond donors (Lipinski definition) is 2. The van der Waals surface area contributed by atoms with Gasteiger partial charge in [0.05, 0.1) is 13.2 Å². The Labute approximate surface area is 223 Å². The number of hydrogen-bond acceptors (Lipinski definition) is 6. The Morgan fingerprint density at radius 3 is 1.58 bits per heavy atom. The largest absolute Gasteiger partial charge is 0.466 e. The van der Waals surface area contributed by atoms with Crippen LogP contribution in [0.2, 0.25) is 0 Å². The van der Waals surface area contributed by atoms with Gasteiger partial charge in [0, 0.05) is 12.0 Å². The lowest BCUT2D eigenvalue weighted by atomic mass is 10.0. The van der Waals surface area contributed by atoms with Crippen LogP contribution in [0, 0.1) is 0 Å². The first-order chi connectivity index (χ1) is 17.4. The lowest BCUT2D eigenvalue weighted by molar-refractivity contribution is -0.144. The van der Waals surface area contributed by atoms with E-state index in [2.05, 4.69) is 17.2 Å². The van der Waals surface area contributed by atoms with Gasteiger partial charge in [0.15, 0.2) is 5.11 Å². The van der Waals surface area contributed by atoms with Gasteiger partial charge < -0.3 is 20.1 Å². The van der Waals surface area contributed by atoms with E-state index >= 15 is 0 Å². The van der Waals surface area contributed by atoms with Crippen LogP contribution in [0.25, 0.3) is 0 Å². The minimum Gasteiger partial charge on any atom is -0.466 e. The number of ether oxygens (including phenoxy) is 2. The third-order valence-electron chi connectivity index (χ3n) is 6.38. The van der Waals surface area contributed by atoms with Crippen LogP contribution in [0.3, 0.4) is 0 Å². The molecule has 1 unspecified atom stereocenters. The Morgan fingerprint density at radius 1 is 0.778 bits per heavy atom. The Balaban J connectivity index is 1.73. The molecule has 1 aliphatic rings. The fourth-order valence-corrected chi connectivity index (χ4v) is 4.39. The molecule has 1 fully saturated rings. The highest BCUT2D eigenvalue weighted by atomic mass is 32.1. The van der Waals surface area contributed by atoms with E-state index in [1.54, 1.807) is 6.92 Å². The smallest absolute Gasteiger partial charge is 0.333 e. The number of carbonyl (C=O) groups excluding carboxylic acids is 3. The number of unbranched alkanes of at least 4 members (excludes halogenated alkanes) is 15. The highest BCUT2D eigenvalue weighted by Gasteiger charge is 2.27. The van der Waals surface area contributed by atoms with E-state index in [1.165, 1.54) is 77.0 Å². The SMILES string of the molecule is C=C(C)C(=O)OCCCCCCCCCCCCCCCCCCOC(=O)CCC1NC(=S)NC1=O. The molecule has 0 radical (unpaired) electrons. The molecule has 0 spiro atoms. The van der Waals surface area contributed by atoms with Gasteiger partial charge in [-0.25, -0.2) is 4.79 Å². The Hall–Kier alpha value is -1.96. The van der Waals surface area contributed by atoms with Gasteiger partial charge in [-0.15, -0.1) is 0 Å². The van der Waals surface area contributed by atoms with Crippen LogP contribution in [0.1, 0.15) is 122 Å². The fraction of sp³-hybridized carbons (Fsp3) is 0.786. The molecule has 1 amide bonds. The summed E-state index contributed by atoms with van der Waals surface area (Å²) in [5.41, 5.74) is 0.470. The summed E-state index contributed by atoms with van der Waals surface area (Å²) >= 11 is 4.88. The van der Waals surface area contributed by atoms with Crippen LogP contribution in [0.15, 0.2) is 12.2 Å². The minimum absolute atomic E-state index is 0.173. The average molecular weight is 525 g/mol. The van der Waals surface area contributed by atoms with Crippen LogP contribution in [0.5, 0.6) is 0 Å². The highest BCUT2D eigenvalue weighted by Crippen LogP contribution is 2.14. The molecular formula is C28H48N2O5S. The molecule has 0 bridgehead atoms. The van der Waals surface area contributed by atoms with E-state index < -0.39 is 6.04 Å². The van der Waals surface area contributed by atoms with E-state index in [9.17, 15) is 14.4 Å². The zero-order valence-corrected chi connectivity index (χ0v) is 23.2. The van der Waals surface area contributed by atoms with Gasteiger partial charge in [0.2, 0.25) is 5.91 Å². The fourth-order valence-electron chi connectivity index (χ4n) is 4.15. The monoisotopic (exact) mass is 524 g/mol. The van der Waals surface area contributed by atoms with Gasteiger partial charge in [0.1, 0.15) is 6.04 Å². The Morgan fingerprint density at radius 2 is 1.19 bits per heavy atom. The van der Waals surface area contributed by atoms with Crippen molar-refractivity contribution in [1.82, 2.24) is 10.6 Å². The first kappa shape index (κ1) is 32.1. The normalized spacial score (nSPS) is 14.9. The molecule has 0 aromatic heterocycles. The number of thiocarbonyl (C=S) groups is 1. The molecule has 1 atom stereocenters. The third kappa shape index (κ3) is 17.5. The van der Waals surface area contributed by atoms with Crippen LogP contribution in [-0.2, 0) is 23.9 Å². The van der Waals surface area contributed by atoms with Crippen molar-refractivity contribution in [3.05, 3.63) is 12.2 Å². The van der Waals surface area contributed by atoms with E-state index in [-0.39, 0.29) is 24.3 Å². The summed E-state index contributed by atoms with van der Waals surface area (Å²) in [6.07, 6.45) is 20.3. The predicted octanol–water partition coefficient (Wildman–Crippen LogP) is 6.04. The molecule has 0 aromatic carbocycles. The van der Waals surface area contributed by atoms with Gasteiger partial charge in [0.25, 0.3) is 0 Å². The predicted molar refractivity (Wildman–Crippen MR) is 148 cm³/mol. The number of nitrogens with one attached hydrogen (secondary N) is 2. The molecule has 7 nitrogen and oxygen atoms in total. The summed E-state index contributed by atoms with van der Waals surface area (Å²) in [5.74, 6) is -0.700. The second kappa shape index (κ2) is 21.2. The number of esters is 2. The molecule has 1 heterocycles. The summed E-state index contributed by atoms with van der Waals surface area (Å²) in [5, 5.41) is 5.69. The number of rotatable bonds is 23. The maximum Gasteiger partial charge on any atom is 0.333 e. The summed E-state index contributed by atoms with van der Waals surface area (Å²) in [6, 6.07) is -0.418. The van der Waals surface area contributed by atoms with Crippen molar-refractivity contribution in [2.24, 2.45) is 0 Å². The average Bonchev–Trinajstić information content (AvgIpc) is 3.17. The molecule has 0 aliphatic carbocycles. The minimum atomic E-state index is -0.418. The molecular weight excluding hydrogens is 476 g/mol. The molecule has 1 rings (SSSR count). The van der Waals surface area contributed by atoms with Crippen molar-refractivity contribution in [2.45, 2.75) is 129 Å². The van der Waals surface area contributed by atoms with Crippen molar-refractivity contribution in [2.75, 3.05) is 13.2 Å². The zero-order chi connectivity index (χ0) is 26.4. The van der Waals surface area contributed by atoms with E-state index in [4.69, 9.17) is 21.7 Å². The quantitative estimate of drug-likeness (QED) is 0.0728. The topological polar surface area (TPSA) is 93.7 Å². The van der Waals surface area contributed by atoms with Gasteiger partial charge in [-0.05, 0) is 38.4 Å². The highest BCUT2D eigenvalue weighted by molar-refractivity contribution is 7.80. The summed E-state index contributed by atoms with van der Waals surface area (Å²) < 4.78 is 10.4. The first-order valence-electron chi connectivity index (χ1n) is 14.0. The van der Waals surface area contributed by atoms with Crippen molar-refractivity contribution >= 4 is 35.2 Å². The van der Waals surface area contributed by atoms with Crippen LogP contribution < -0.4 is 10.6 Å².